The summed E-state index contributed by atoms with van der Waals surface area (Å²) in [6.45, 7) is 2.21. The van der Waals surface area contributed by atoms with E-state index in [-0.39, 0.29) is 23.7 Å². The number of carbonyl (C=O) groups is 2. The van der Waals surface area contributed by atoms with Gasteiger partial charge in [-0.2, -0.15) is 0 Å². The zero-order valence-corrected chi connectivity index (χ0v) is 15.2. The van der Waals surface area contributed by atoms with Crippen molar-refractivity contribution in [2.24, 2.45) is 11.8 Å². The van der Waals surface area contributed by atoms with E-state index in [1.54, 1.807) is 19.0 Å². The lowest BCUT2D eigenvalue weighted by atomic mass is 9.81. The average molecular weight is 344 g/mol. The summed E-state index contributed by atoms with van der Waals surface area (Å²) in [5, 5.41) is 0. The Kier molecular flexibility index (Phi) is 5.61. The minimum Gasteiger partial charge on any atom is -0.426 e. The third-order valence-corrected chi connectivity index (χ3v) is 5.38. The Bertz CT molecular complexity index is 598. The van der Waals surface area contributed by atoms with Gasteiger partial charge in [0.25, 0.3) is 0 Å². The molecule has 136 valence electrons. The first-order valence-corrected chi connectivity index (χ1v) is 9.32. The highest BCUT2D eigenvalue weighted by atomic mass is 16.5. The van der Waals surface area contributed by atoms with Gasteiger partial charge < -0.3 is 14.5 Å². The zero-order chi connectivity index (χ0) is 17.8. The van der Waals surface area contributed by atoms with Crippen molar-refractivity contribution in [2.45, 2.75) is 38.5 Å². The van der Waals surface area contributed by atoms with Crippen LogP contribution in [0.5, 0.6) is 5.75 Å². The summed E-state index contributed by atoms with van der Waals surface area (Å²) in [5.41, 5.74) is 1.19. The van der Waals surface area contributed by atoms with Gasteiger partial charge in [-0.05, 0) is 62.8 Å². The van der Waals surface area contributed by atoms with Crippen molar-refractivity contribution in [3.63, 3.8) is 0 Å². The van der Waals surface area contributed by atoms with E-state index in [2.05, 4.69) is 4.90 Å². The maximum atomic E-state index is 12.4. The molecular weight excluding hydrogens is 316 g/mol. The van der Waals surface area contributed by atoms with Crippen molar-refractivity contribution in [2.75, 3.05) is 32.1 Å². The zero-order valence-electron chi connectivity index (χ0n) is 15.2. The van der Waals surface area contributed by atoms with Gasteiger partial charge in [0, 0.05) is 38.8 Å². The van der Waals surface area contributed by atoms with E-state index >= 15 is 0 Å². The van der Waals surface area contributed by atoms with Crippen LogP contribution in [0.3, 0.4) is 0 Å². The second-order valence-electron chi connectivity index (χ2n) is 7.39. The highest BCUT2D eigenvalue weighted by Gasteiger charge is 2.31. The molecule has 5 heteroatoms. The number of carbonyl (C=O) groups excluding carboxylic acids is 2. The normalized spacial score (nSPS) is 23.4. The Morgan fingerprint density at radius 2 is 1.52 bits per heavy atom. The SMILES string of the molecule is CN(C)C(=O)C1CCC(C(=O)Oc2ccc(N3CCCC3)cc2)CC1. The molecule has 0 aromatic heterocycles. The van der Waals surface area contributed by atoms with Gasteiger partial charge in [0.05, 0.1) is 5.92 Å². The highest BCUT2D eigenvalue weighted by Crippen LogP contribution is 2.31. The largest absolute Gasteiger partial charge is 0.426 e. The van der Waals surface area contributed by atoms with Crippen LogP contribution in [0.2, 0.25) is 0 Å². The Labute approximate surface area is 149 Å². The lowest BCUT2D eigenvalue weighted by Crippen LogP contribution is -2.34. The van der Waals surface area contributed by atoms with E-state index in [1.807, 2.05) is 24.3 Å². The van der Waals surface area contributed by atoms with Gasteiger partial charge >= 0.3 is 5.97 Å². The molecule has 1 aliphatic carbocycles. The number of amides is 1. The lowest BCUT2D eigenvalue weighted by Gasteiger charge is -2.28. The number of anilines is 1. The molecule has 0 bridgehead atoms. The summed E-state index contributed by atoms with van der Waals surface area (Å²) >= 11 is 0. The van der Waals surface area contributed by atoms with Crippen molar-refractivity contribution >= 4 is 17.6 Å². The van der Waals surface area contributed by atoms with Crippen molar-refractivity contribution < 1.29 is 14.3 Å². The van der Waals surface area contributed by atoms with Crippen LogP contribution in [0, 0.1) is 11.8 Å². The quantitative estimate of drug-likeness (QED) is 0.622. The third-order valence-electron chi connectivity index (χ3n) is 5.38. The van der Waals surface area contributed by atoms with Crippen LogP contribution in [-0.2, 0) is 9.59 Å². The van der Waals surface area contributed by atoms with E-state index in [1.165, 1.54) is 18.5 Å². The average Bonchev–Trinajstić information content (AvgIpc) is 3.16. The molecule has 0 unspecified atom stereocenters. The Hall–Kier alpha value is -2.04. The fourth-order valence-corrected chi connectivity index (χ4v) is 3.84. The fourth-order valence-electron chi connectivity index (χ4n) is 3.84. The standard InChI is InChI=1S/C20H28N2O3/c1-21(2)19(23)15-5-7-16(8-6-15)20(24)25-18-11-9-17(10-12-18)22-13-3-4-14-22/h9-12,15-16H,3-8,13-14H2,1-2H3. The number of hydrogen-bond donors (Lipinski definition) is 0. The summed E-state index contributed by atoms with van der Waals surface area (Å²) in [6, 6.07) is 7.82. The molecule has 0 atom stereocenters. The summed E-state index contributed by atoms with van der Waals surface area (Å²) < 4.78 is 5.56. The summed E-state index contributed by atoms with van der Waals surface area (Å²) in [7, 11) is 3.57. The van der Waals surface area contributed by atoms with Crippen LogP contribution in [0.1, 0.15) is 38.5 Å². The topological polar surface area (TPSA) is 49.9 Å². The molecule has 1 heterocycles. The molecule has 1 aliphatic heterocycles. The van der Waals surface area contributed by atoms with Gasteiger partial charge in [-0.1, -0.05) is 0 Å². The van der Waals surface area contributed by atoms with Gasteiger partial charge in [0.2, 0.25) is 5.91 Å². The van der Waals surface area contributed by atoms with Crippen LogP contribution < -0.4 is 9.64 Å². The molecule has 0 N–H and O–H groups in total. The smallest absolute Gasteiger partial charge is 0.314 e. The Balaban J connectivity index is 1.50. The van der Waals surface area contributed by atoms with Gasteiger partial charge in [-0.3, -0.25) is 9.59 Å². The first-order valence-electron chi connectivity index (χ1n) is 9.32. The minimum atomic E-state index is -0.162. The number of hydrogen-bond acceptors (Lipinski definition) is 4. The predicted molar refractivity (Wildman–Crippen MR) is 97.7 cm³/mol. The van der Waals surface area contributed by atoms with Crippen molar-refractivity contribution in [1.29, 1.82) is 0 Å². The number of esters is 1. The van der Waals surface area contributed by atoms with E-state index in [4.69, 9.17) is 4.74 Å². The van der Waals surface area contributed by atoms with E-state index in [0.717, 1.165) is 38.8 Å². The highest BCUT2D eigenvalue weighted by molar-refractivity contribution is 5.79. The molecule has 25 heavy (non-hydrogen) atoms. The second-order valence-corrected chi connectivity index (χ2v) is 7.39. The molecule has 1 saturated carbocycles. The molecule has 2 fully saturated rings. The second kappa shape index (κ2) is 7.89. The van der Waals surface area contributed by atoms with Crippen molar-refractivity contribution in [1.82, 2.24) is 4.90 Å². The number of ether oxygens (including phenoxy) is 1. The minimum absolute atomic E-state index is 0.0544. The van der Waals surface area contributed by atoms with Gasteiger partial charge in [-0.15, -0.1) is 0 Å². The van der Waals surface area contributed by atoms with E-state index < -0.39 is 0 Å². The summed E-state index contributed by atoms with van der Waals surface area (Å²) in [4.78, 5) is 28.4. The van der Waals surface area contributed by atoms with Crippen molar-refractivity contribution in [3.05, 3.63) is 24.3 Å². The van der Waals surface area contributed by atoms with Gasteiger partial charge in [0.15, 0.2) is 0 Å². The molecule has 2 aliphatic rings. The van der Waals surface area contributed by atoms with Crippen LogP contribution in [0.25, 0.3) is 0 Å². The number of nitrogens with zero attached hydrogens (tertiary/aromatic N) is 2. The molecule has 1 aromatic carbocycles. The first-order chi connectivity index (χ1) is 12.0. The van der Waals surface area contributed by atoms with Crippen LogP contribution >= 0.6 is 0 Å². The summed E-state index contributed by atoms with van der Waals surface area (Å²) in [5.74, 6) is 0.580. The fraction of sp³-hybridized carbons (Fsp3) is 0.600. The van der Waals surface area contributed by atoms with Crippen molar-refractivity contribution in [3.8, 4) is 5.75 Å². The first kappa shape index (κ1) is 17.8. The molecule has 1 saturated heterocycles. The predicted octanol–water partition coefficient (Wildman–Crippen LogP) is 3.09. The lowest BCUT2D eigenvalue weighted by molar-refractivity contribution is -0.142. The number of benzene rings is 1. The summed E-state index contributed by atoms with van der Waals surface area (Å²) in [6.07, 6.45) is 5.49. The maximum absolute atomic E-state index is 12.4. The van der Waals surface area contributed by atoms with Gasteiger partial charge in [-0.25, -0.2) is 0 Å². The number of rotatable bonds is 4. The monoisotopic (exact) mass is 344 g/mol. The van der Waals surface area contributed by atoms with Crippen LogP contribution in [-0.4, -0.2) is 44.0 Å². The van der Waals surface area contributed by atoms with Gasteiger partial charge in [0.1, 0.15) is 5.75 Å². The Morgan fingerprint density at radius 3 is 2.08 bits per heavy atom. The third kappa shape index (κ3) is 4.33. The molecule has 1 aromatic rings. The van der Waals surface area contributed by atoms with Crippen LogP contribution in [0.4, 0.5) is 5.69 Å². The molecule has 5 nitrogen and oxygen atoms in total. The van der Waals surface area contributed by atoms with Crippen LogP contribution in [0.15, 0.2) is 24.3 Å². The molecule has 0 spiro atoms. The molecule has 3 rings (SSSR count). The maximum Gasteiger partial charge on any atom is 0.314 e. The molecule has 1 amide bonds. The Morgan fingerprint density at radius 1 is 0.960 bits per heavy atom. The molecule has 0 radical (unpaired) electrons. The van der Waals surface area contributed by atoms with E-state index in [0.29, 0.717) is 5.75 Å². The molecular formula is C20H28N2O3. The van der Waals surface area contributed by atoms with E-state index in [9.17, 15) is 9.59 Å².